The summed E-state index contributed by atoms with van der Waals surface area (Å²) in [5.74, 6) is -0.532. The first-order chi connectivity index (χ1) is 8.31. The molecule has 0 aliphatic rings. The Morgan fingerprint density at radius 3 is 2.33 bits per heavy atom. The molecule has 0 bridgehead atoms. The molecule has 0 aliphatic carbocycles. The zero-order valence-corrected chi connectivity index (χ0v) is 10.8. The lowest BCUT2D eigenvalue weighted by atomic mass is 10.2. The van der Waals surface area contributed by atoms with E-state index in [1.807, 2.05) is 0 Å². The van der Waals surface area contributed by atoms with Gasteiger partial charge in [0.1, 0.15) is 17.2 Å². The maximum Gasteiger partial charge on any atom is 0.349 e. The molecule has 1 atom stereocenters. The van der Waals surface area contributed by atoms with Crippen LogP contribution in [0.25, 0.3) is 0 Å². The molecule has 0 radical (unpaired) electrons. The van der Waals surface area contributed by atoms with Crippen molar-refractivity contribution in [3.63, 3.8) is 0 Å². The normalized spacial score (nSPS) is 12.9. The van der Waals surface area contributed by atoms with Gasteiger partial charge in [-0.25, -0.2) is 9.18 Å². The third-order valence-corrected chi connectivity index (χ3v) is 1.98. The monoisotopic (exact) mass is 255 g/mol. The van der Waals surface area contributed by atoms with E-state index in [9.17, 15) is 9.18 Å². The topological polar surface area (TPSA) is 61.5 Å². The van der Waals surface area contributed by atoms with E-state index in [0.29, 0.717) is 5.75 Å². The Hall–Kier alpha value is -1.62. The van der Waals surface area contributed by atoms with E-state index in [2.05, 4.69) is 0 Å². The molecule has 0 saturated heterocycles. The third-order valence-electron chi connectivity index (χ3n) is 1.98. The van der Waals surface area contributed by atoms with Crippen LogP contribution < -0.4 is 10.5 Å². The standard InChI is InChI=1S/C13H18FNO3/c1-13(2,3)18-12(16)11(8-15)17-10-6-4-9(14)5-7-10/h4-7,11H,8,15H2,1-3H3. The van der Waals surface area contributed by atoms with E-state index in [1.165, 1.54) is 24.3 Å². The summed E-state index contributed by atoms with van der Waals surface area (Å²) in [6.45, 7) is 5.27. The molecule has 0 spiro atoms. The SMILES string of the molecule is CC(C)(C)OC(=O)C(CN)Oc1ccc(F)cc1. The van der Waals surface area contributed by atoms with Crippen LogP contribution in [0.5, 0.6) is 5.75 Å². The fourth-order valence-electron chi connectivity index (χ4n) is 1.24. The molecule has 100 valence electrons. The summed E-state index contributed by atoms with van der Waals surface area (Å²) in [5, 5.41) is 0. The summed E-state index contributed by atoms with van der Waals surface area (Å²) in [6, 6.07) is 5.36. The lowest BCUT2D eigenvalue weighted by Gasteiger charge is -2.23. The highest BCUT2D eigenvalue weighted by Gasteiger charge is 2.25. The minimum atomic E-state index is -0.894. The Labute approximate surface area is 106 Å². The fourth-order valence-corrected chi connectivity index (χ4v) is 1.24. The van der Waals surface area contributed by atoms with E-state index < -0.39 is 17.7 Å². The molecule has 1 rings (SSSR count). The van der Waals surface area contributed by atoms with E-state index >= 15 is 0 Å². The zero-order chi connectivity index (χ0) is 13.8. The Morgan fingerprint density at radius 2 is 1.89 bits per heavy atom. The lowest BCUT2D eigenvalue weighted by Crippen LogP contribution is -2.40. The van der Waals surface area contributed by atoms with E-state index in [4.69, 9.17) is 15.2 Å². The molecule has 1 aromatic rings. The Morgan fingerprint density at radius 1 is 1.33 bits per heavy atom. The molecular formula is C13H18FNO3. The van der Waals surface area contributed by atoms with E-state index in [-0.39, 0.29) is 12.4 Å². The van der Waals surface area contributed by atoms with Gasteiger partial charge in [-0.3, -0.25) is 0 Å². The van der Waals surface area contributed by atoms with Crippen molar-refractivity contribution in [2.24, 2.45) is 5.73 Å². The van der Waals surface area contributed by atoms with Gasteiger partial charge in [-0.1, -0.05) is 0 Å². The van der Waals surface area contributed by atoms with Crippen molar-refractivity contribution in [1.29, 1.82) is 0 Å². The van der Waals surface area contributed by atoms with Crippen LogP contribution in [-0.2, 0) is 9.53 Å². The first kappa shape index (κ1) is 14.4. The molecule has 0 aromatic heterocycles. The number of carbonyl (C=O) groups excluding carboxylic acids is 1. The van der Waals surface area contributed by atoms with Crippen molar-refractivity contribution in [3.8, 4) is 5.75 Å². The van der Waals surface area contributed by atoms with E-state index in [0.717, 1.165) is 0 Å². The van der Waals surface area contributed by atoms with Crippen LogP contribution in [-0.4, -0.2) is 24.2 Å². The minimum Gasteiger partial charge on any atom is -0.477 e. The maximum atomic E-state index is 12.7. The second kappa shape index (κ2) is 5.82. The smallest absolute Gasteiger partial charge is 0.349 e. The summed E-state index contributed by atoms with van der Waals surface area (Å²) >= 11 is 0. The molecule has 0 amide bonds. The molecule has 0 heterocycles. The number of esters is 1. The Bertz CT molecular complexity index is 398. The first-order valence-electron chi connectivity index (χ1n) is 5.67. The van der Waals surface area contributed by atoms with Crippen LogP contribution >= 0.6 is 0 Å². The van der Waals surface area contributed by atoms with Crippen LogP contribution in [0, 0.1) is 5.82 Å². The predicted octanol–water partition coefficient (Wildman–Crippen LogP) is 1.87. The van der Waals surface area contributed by atoms with E-state index in [1.54, 1.807) is 20.8 Å². The molecule has 0 saturated carbocycles. The van der Waals surface area contributed by atoms with Crippen molar-refractivity contribution >= 4 is 5.97 Å². The highest BCUT2D eigenvalue weighted by molar-refractivity contribution is 5.75. The van der Waals surface area contributed by atoms with Crippen molar-refractivity contribution in [1.82, 2.24) is 0 Å². The number of benzene rings is 1. The second-order valence-electron chi connectivity index (χ2n) is 4.83. The zero-order valence-electron chi connectivity index (χ0n) is 10.8. The van der Waals surface area contributed by atoms with Gasteiger partial charge in [0.15, 0.2) is 0 Å². The van der Waals surface area contributed by atoms with Crippen LogP contribution in [0.1, 0.15) is 20.8 Å². The van der Waals surface area contributed by atoms with Gasteiger partial charge in [-0.2, -0.15) is 0 Å². The van der Waals surface area contributed by atoms with Crippen LogP contribution in [0.4, 0.5) is 4.39 Å². The molecule has 0 fully saturated rings. The summed E-state index contributed by atoms with van der Waals surface area (Å²) in [5.41, 5.74) is 4.87. The molecule has 5 heteroatoms. The summed E-state index contributed by atoms with van der Waals surface area (Å²) in [4.78, 5) is 11.8. The Balaban J connectivity index is 2.67. The van der Waals surface area contributed by atoms with Crippen LogP contribution in [0.15, 0.2) is 24.3 Å². The van der Waals surface area contributed by atoms with Crippen molar-refractivity contribution < 1.29 is 18.7 Å². The molecule has 0 aliphatic heterocycles. The quantitative estimate of drug-likeness (QED) is 0.834. The van der Waals surface area contributed by atoms with Gasteiger partial charge < -0.3 is 15.2 Å². The van der Waals surface area contributed by atoms with Gasteiger partial charge in [0.2, 0.25) is 6.10 Å². The van der Waals surface area contributed by atoms with Crippen molar-refractivity contribution in [2.75, 3.05) is 6.54 Å². The highest BCUT2D eigenvalue weighted by Crippen LogP contribution is 2.15. The van der Waals surface area contributed by atoms with Gasteiger partial charge in [-0.05, 0) is 45.0 Å². The van der Waals surface area contributed by atoms with Crippen LogP contribution in [0.2, 0.25) is 0 Å². The molecule has 4 nitrogen and oxygen atoms in total. The number of ether oxygens (including phenoxy) is 2. The maximum absolute atomic E-state index is 12.7. The number of nitrogens with two attached hydrogens (primary N) is 1. The summed E-state index contributed by atoms with van der Waals surface area (Å²) in [7, 11) is 0. The van der Waals surface area contributed by atoms with Gasteiger partial charge in [0.05, 0.1) is 0 Å². The average molecular weight is 255 g/mol. The average Bonchev–Trinajstić information content (AvgIpc) is 2.25. The minimum absolute atomic E-state index is 0.00765. The molecule has 1 aromatic carbocycles. The fraction of sp³-hybridized carbons (Fsp3) is 0.462. The number of carbonyl (C=O) groups is 1. The Kier molecular flexibility index (Phi) is 4.67. The second-order valence-corrected chi connectivity index (χ2v) is 4.83. The summed E-state index contributed by atoms with van der Waals surface area (Å²) < 4.78 is 23.2. The van der Waals surface area contributed by atoms with Crippen molar-refractivity contribution in [2.45, 2.75) is 32.5 Å². The number of hydrogen-bond donors (Lipinski definition) is 1. The predicted molar refractivity (Wildman–Crippen MR) is 65.7 cm³/mol. The molecule has 18 heavy (non-hydrogen) atoms. The van der Waals surface area contributed by atoms with Gasteiger partial charge in [0.25, 0.3) is 0 Å². The number of hydrogen-bond acceptors (Lipinski definition) is 4. The number of halogens is 1. The van der Waals surface area contributed by atoms with Crippen LogP contribution in [0.3, 0.4) is 0 Å². The van der Waals surface area contributed by atoms with Crippen molar-refractivity contribution in [3.05, 3.63) is 30.1 Å². The molecule has 2 N–H and O–H groups in total. The van der Waals surface area contributed by atoms with Gasteiger partial charge in [0, 0.05) is 6.54 Å². The third kappa shape index (κ3) is 4.71. The number of rotatable bonds is 4. The van der Waals surface area contributed by atoms with Gasteiger partial charge in [-0.15, -0.1) is 0 Å². The molecule has 1 unspecified atom stereocenters. The largest absolute Gasteiger partial charge is 0.477 e. The molecular weight excluding hydrogens is 237 g/mol. The lowest BCUT2D eigenvalue weighted by molar-refractivity contribution is -0.162. The first-order valence-corrected chi connectivity index (χ1v) is 5.67. The highest BCUT2D eigenvalue weighted by atomic mass is 19.1. The summed E-state index contributed by atoms with van der Waals surface area (Å²) in [6.07, 6.45) is -0.894. The van der Waals surface area contributed by atoms with Gasteiger partial charge >= 0.3 is 5.97 Å².